The SMILES string of the molecule is CCCCOc1ccc(C(Cc2ccc(OC)cc2)c2csc(N)n2)cc1. The normalized spacial score (nSPS) is 11.9. The number of hydrogen-bond donors (Lipinski definition) is 1. The molecule has 1 heterocycles. The molecule has 0 aliphatic carbocycles. The fourth-order valence-corrected chi connectivity index (χ4v) is 3.60. The molecule has 3 aromatic rings. The summed E-state index contributed by atoms with van der Waals surface area (Å²) in [4.78, 5) is 4.54. The molecule has 27 heavy (non-hydrogen) atoms. The maximum Gasteiger partial charge on any atom is 0.180 e. The fourth-order valence-electron chi connectivity index (χ4n) is 2.98. The van der Waals surface area contributed by atoms with Gasteiger partial charge in [-0.15, -0.1) is 11.3 Å². The fraction of sp³-hybridized carbons (Fsp3) is 0.318. The van der Waals surface area contributed by atoms with Crippen molar-refractivity contribution in [3.05, 3.63) is 70.7 Å². The number of unbranched alkanes of at least 4 members (excludes halogenated alkanes) is 1. The standard InChI is InChI=1S/C22H26N2O2S/c1-3-4-13-26-19-11-7-17(8-12-19)20(21-15-27-22(23)24-21)14-16-5-9-18(25-2)10-6-16/h5-12,15,20H,3-4,13-14H2,1-2H3,(H2,23,24). The molecule has 1 unspecified atom stereocenters. The van der Waals surface area contributed by atoms with Crippen LogP contribution in [0.1, 0.15) is 42.5 Å². The van der Waals surface area contributed by atoms with Gasteiger partial charge >= 0.3 is 0 Å². The third-order valence-electron chi connectivity index (χ3n) is 4.54. The molecule has 142 valence electrons. The van der Waals surface area contributed by atoms with Gasteiger partial charge in [0.15, 0.2) is 5.13 Å². The Hall–Kier alpha value is -2.53. The number of rotatable bonds is 9. The van der Waals surface area contributed by atoms with Crippen LogP contribution < -0.4 is 15.2 Å². The molecular weight excluding hydrogens is 356 g/mol. The van der Waals surface area contributed by atoms with Gasteiger partial charge in [0.1, 0.15) is 11.5 Å². The lowest BCUT2D eigenvalue weighted by Gasteiger charge is -2.17. The van der Waals surface area contributed by atoms with Crippen LogP contribution in [-0.2, 0) is 6.42 Å². The first kappa shape index (κ1) is 19.2. The number of nitrogens with zero attached hydrogens (tertiary/aromatic N) is 1. The Kier molecular flexibility index (Phi) is 6.71. The predicted octanol–water partition coefficient (Wildman–Crippen LogP) is 5.29. The van der Waals surface area contributed by atoms with Crippen molar-refractivity contribution in [3.8, 4) is 11.5 Å². The largest absolute Gasteiger partial charge is 0.497 e. The summed E-state index contributed by atoms with van der Waals surface area (Å²) in [5.41, 5.74) is 9.34. The smallest absolute Gasteiger partial charge is 0.180 e. The van der Waals surface area contributed by atoms with Gasteiger partial charge in [-0.05, 0) is 48.2 Å². The van der Waals surface area contributed by atoms with Crippen LogP contribution in [0.25, 0.3) is 0 Å². The number of nitrogen functional groups attached to an aromatic ring is 1. The number of hydrogen-bond acceptors (Lipinski definition) is 5. The number of thiazole rings is 1. The maximum atomic E-state index is 5.89. The van der Waals surface area contributed by atoms with Gasteiger partial charge in [0, 0.05) is 11.3 Å². The number of anilines is 1. The molecule has 1 atom stereocenters. The highest BCUT2D eigenvalue weighted by atomic mass is 32.1. The quantitative estimate of drug-likeness (QED) is 0.511. The molecule has 0 spiro atoms. The van der Waals surface area contributed by atoms with Gasteiger partial charge < -0.3 is 15.2 Å². The summed E-state index contributed by atoms with van der Waals surface area (Å²) in [5, 5.41) is 2.65. The summed E-state index contributed by atoms with van der Waals surface area (Å²) in [7, 11) is 1.68. The lowest BCUT2D eigenvalue weighted by Crippen LogP contribution is -2.06. The predicted molar refractivity (Wildman–Crippen MR) is 112 cm³/mol. The Bertz CT molecular complexity index is 828. The summed E-state index contributed by atoms with van der Waals surface area (Å²) in [6.07, 6.45) is 3.05. The maximum absolute atomic E-state index is 5.89. The second-order valence-electron chi connectivity index (χ2n) is 6.49. The van der Waals surface area contributed by atoms with E-state index in [9.17, 15) is 0 Å². The summed E-state index contributed by atoms with van der Waals surface area (Å²) < 4.78 is 11.0. The number of aromatic nitrogens is 1. The zero-order chi connectivity index (χ0) is 19.1. The molecule has 0 bridgehead atoms. The zero-order valence-corrected chi connectivity index (χ0v) is 16.7. The molecule has 2 N–H and O–H groups in total. The van der Waals surface area contributed by atoms with Crippen molar-refractivity contribution in [2.45, 2.75) is 32.1 Å². The van der Waals surface area contributed by atoms with Crippen LogP contribution in [0.3, 0.4) is 0 Å². The van der Waals surface area contributed by atoms with E-state index in [0.29, 0.717) is 5.13 Å². The molecular formula is C22H26N2O2S. The molecule has 1 aromatic heterocycles. The summed E-state index contributed by atoms with van der Waals surface area (Å²) in [5.74, 6) is 1.92. The number of ether oxygens (including phenoxy) is 2. The van der Waals surface area contributed by atoms with Crippen molar-refractivity contribution < 1.29 is 9.47 Å². The van der Waals surface area contributed by atoms with Crippen LogP contribution >= 0.6 is 11.3 Å². The van der Waals surface area contributed by atoms with E-state index in [2.05, 4.69) is 41.6 Å². The van der Waals surface area contributed by atoms with E-state index in [-0.39, 0.29) is 5.92 Å². The number of nitrogens with two attached hydrogens (primary N) is 1. The van der Waals surface area contributed by atoms with Crippen molar-refractivity contribution in [1.29, 1.82) is 0 Å². The van der Waals surface area contributed by atoms with Gasteiger partial charge in [-0.1, -0.05) is 37.6 Å². The molecule has 0 aliphatic rings. The van der Waals surface area contributed by atoms with Crippen LogP contribution in [0.15, 0.2) is 53.9 Å². The monoisotopic (exact) mass is 382 g/mol. The highest BCUT2D eigenvalue weighted by molar-refractivity contribution is 7.13. The molecule has 0 radical (unpaired) electrons. The second-order valence-corrected chi connectivity index (χ2v) is 7.38. The molecule has 2 aromatic carbocycles. The van der Waals surface area contributed by atoms with E-state index < -0.39 is 0 Å². The van der Waals surface area contributed by atoms with Gasteiger partial charge in [-0.3, -0.25) is 0 Å². The topological polar surface area (TPSA) is 57.4 Å². The molecule has 0 saturated carbocycles. The summed E-state index contributed by atoms with van der Waals surface area (Å²) in [6, 6.07) is 16.5. The first-order chi connectivity index (χ1) is 13.2. The number of benzene rings is 2. The van der Waals surface area contributed by atoms with Crippen molar-refractivity contribution in [2.24, 2.45) is 0 Å². The summed E-state index contributed by atoms with van der Waals surface area (Å²) >= 11 is 1.48. The molecule has 5 heteroatoms. The Morgan fingerprint density at radius 1 is 1.04 bits per heavy atom. The average Bonchev–Trinajstić information content (AvgIpc) is 3.13. The van der Waals surface area contributed by atoms with Crippen LogP contribution in [0.5, 0.6) is 11.5 Å². The first-order valence-electron chi connectivity index (χ1n) is 9.26. The van der Waals surface area contributed by atoms with Gasteiger partial charge in [0.2, 0.25) is 0 Å². The Balaban J connectivity index is 1.81. The van der Waals surface area contributed by atoms with Crippen LogP contribution in [-0.4, -0.2) is 18.7 Å². The third-order valence-corrected chi connectivity index (χ3v) is 5.24. The van der Waals surface area contributed by atoms with Gasteiger partial charge in [-0.2, -0.15) is 0 Å². The molecule has 0 aliphatic heterocycles. The van der Waals surface area contributed by atoms with Crippen LogP contribution in [0.4, 0.5) is 5.13 Å². The van der Waals surface area contributed by atoms with E-state index in [1.807, 2.05) is 24.3 Å². The Morgan fingerprint density at radius 2 is 1.74 bits per heavy atom. The van der Waals surface area contributed by atoms with Crippen LogP contribution in [0, 0.1) is 0 Å². The van der Waals surface area contributed by atoms with E-state index in [0.717, 1.165) is 43.1 Å². The third kappa shape index (κ3) is 5.23. The van der Waals surface area contributed by atoms with Gasteiger partial charge in [-0.25, -0.2) is 4.98 Å². The number of methoxy groups -OCH3 is 1. The van der Waals surface area contributed by atoms with E-state index in [1.54, 1.807) is 7.11 Å². The average molecular weight is 383 g/mol. The molecule has 3 rings (SSSR count). The lowest BCUT2D eigenvalue weighted by atomic mass is 9.89. The van der Waals surface area contributed by atoms with Gasteiger partial charge in [0.05, 0.1) is 19.4 Å². The molecule has 4 nitrogen and oxygen atoms in total. The molecule has 0 amide bonds. The molecule has 0 saturated heterocycles. The Labute approximate surface area is 165 Å². The van der Waals surface area contributed by atoms with Gasteiger partial charge in [0.25, 0.3) is 0 Å². The van der Waals surface area contributed by atoms with Crippen molar-refractivity contribution >= 4 is 16.5 Å². The first-order valence-corrected chi connectivity index (χ1v) is 10.1. The molecule has 0 fully saturated rings. The van der Waals surface area contributed by atoms with E-state index in [4.69, 9.17) is 15.2 Å². The van der Waals surface area contributed by atoms with E-state index >= 15 is 0 Å². The highest BCUT2D eigenvalue weighted by Crippen LogP contribution is 2.31. The van der Waals surface area contributed by atoms with Crippen molar-refractivity contribution in [1.82, 2.24) is 4.98 Å². The minimum absolute atomic E-state index is 0.150. The van der Waals surface area contributed by atoms with Crippen molar-refractivity contribution in [2.75, 3.05) is 19.5 Å². The Morgan fingerprint density at radius 3 is 2.33 bits per heavy atom. The van der Waals surface area contributed by atoms with Crippen LogP contribution in [0.2, 0.25) is 0 Å². The summed E-state index contributed by atoms with van der Waals surface area (Å²) in [6.45, 7) is 2.92. The van der Waals surface area contributed by atoms with Crippen molar-refractivity contribution in [3.63, 3.8) is 0 Å². The lowest BCUT2D eigenvalue weighted by molar-refractivity contribution is 0.309. The minimum Gasteiger partial charge on any atom is -0.497 e. The minimum atomic E-state index is 0.150. The zero-order valence-electron chi connectivity index (χ0n) is 15.9. The highest BCUT2D eigenvalue weighted by Gasteiger charge is 2.18. The van der Waals surface area contributed by atoms with E-state index in [1.165, 1.54) is 22.5 Å². The second kappa shape index (κ2) is 9.42.